The standard InChI is InChI=1S/C23H20N4O5/c1-29-18-12-15(13-19(30-2)20(18)31-3)21-26-23(32-27-21)16-6-4-5-7-17(16)25-22(28)14-8-10-24-11-9-14/h4-13H,1-3H3,(H,25,28). The first kappa shape index (κ1) is 20.9. The molecule has 0 fully saturated rings. The Morgan fingerprint density at radius 1 is 0.938 bits per heavy atom. The van der Waals surface area contributed by atoms with Gasteiger partial charge in [-0.25, -0.2) is 0 Å². The van der Waals surface area contributed by atoms with Crippen molar-refractivity contribution < 1.29 is 23.5 Å². The van der Waals surface area contributed by atoms with Gasteiger partial charge in [-0.2, -0.15) is 4.98 Å². The van der Waals surface area contributed by atoms with Crippen LogP contribution in [0.3, 0.4) is 0 Å². The van der Waals surface area contributed by atoms with E-state index in [1.54, 1.807) is 48.8 Å². The first-order valence-corrected chi connectivity index (χ1v) is 9.59. The van der Waals surface area contributed by atoms with E-state index in [0.717, 1.165) is 0 Å². The minimum absolute atomic E-state index is 0.249. The molecule has 32 heavy (non-hydrogen) atoms. The number of anilines is 1. The van der Waals surface area contributed by atoms with Crippen LogP contribution in [-0.2, 0) is 0 Å². The molecule has 1 amide bonds. The highest BCUT2D eigenvalue weighted by Gasteiger charge is 2.19. The number of rotatable bonds is 7. The summed E-state index contributed by atoms with van der Waals surface area (Å²) in [7, 11) is 4.60. The van der Waals surface area contributed by atoms with E-state index in [4.69, 9.17) is 18.7 Å². The number of amides is 1. The van der Waals surface area contributed by atoms with Crippen molar-refractivity contribution in [1.29, 1.82) is 0 Å². The molecular formula is C23H20N4O5. The fourth-order valence-corrected chi connectivity index (χ4v) is 3.14. The SMILES string of the molecule is COc1cc(-c2noc(-c3ccccc3NC(=O)c3ccncc3)n2)cc(OC)c1OC. The maximum atomic E-state index is 12.6. The fourth-order valence-electron chi connectivity index (χ4n) is 3.14. The van der Waals surface area contributed by atoms with Gasteiger partial charge in [0.1, 0.15) is 0 Å². The Morgan fingerprint density at radius 2 is 1.62 bits per heavy atom. The van der Waals surface area contributed by atoms with Crippen molar-refractivity contribution in [1.82, 2.24) is 15.1 Å². The van der Waals surface area contributed by atoms with E-state index < -0.39 is 0 Å². The number of nitrogens with one attached hydrogen (secondary N) is 1. The topological polar surface area (TPSA) is 109 Å². The summed E-state index contributed by atoms with van der Waals surface area (Å²) in [6, 6.07) is 13.9. The van der Waals surface area contributed by atoms with Crippen LogP contribution in [0.25, 0.3) is 22.8 Å². The molecule has 4 rings (SSSR count). The summed E-state index contributed by atoms with van der Waals surface area (Å²) >= 11 is 0. The molecule has 0 saturated heterocycles. The summed E-state index contributed by atoms with van der Waals surface area (Å²) in [5.41, 5.74) is 2.22. The zero-order valence-electron chi connectivity index (χ0n) is 17.7. The first-order valence-electron chi connectivity index (χ1n) is 9.59. The van der Waals surface area contributed by atoms with Gasteiger partial charge in [0.05, 0.1) is 32.6 Å². The molecule has 9 heteroatoms. The van der Waals surface area contributed by atoms with Crippen LogP contribution < -0.4 is 19.5 Å². The van der Waals surface area contributed by atoms with E-state index in [1.807, 2.05) is 12.1 Å². The van der Waals surface area contributed by atoms with E-state index in [2.05, 4.69) is 20.4 Å². The lowest BCUT2D eigenvalue weighted by Crippen LogP contribution is -2.12. The highest BCUT2D eigenvalue weighted by atomic mass is 16.5. The van der Waals surface area contributed by atoms with Crippen molar-refractivity contribution in [2.75, 3.05) is 26.6 Å². The zero-order valence-corrected chi connectivity index (χ0v) is 17.7. The average Bonchev–Trinajstić information content (AvgIpc) is 3.34. The summed E-state index contributed by atoms with van der Waals surface area (Å²) in [6.07, 6.45) is 3.12. The lowest BCUT2D eigenvalue weighted by molar-refractivity contribution is 0.102. The summed E-state index contributed by atoms with van der Waals surface area (Å²) < 4.78 is 21.6. The highest BCUT2D eigenvalue weighted by Crippen LogP contribution is 2.41. The summed E-state index contributed by atoms with van der Waals surface area (Å²) in [6.45, 7) is 0. The molecule has 0 aliphatic rings. The van der Waals surface area contributed by atoms with Gasteiger partial charge in [-0.3, -0.25) is 9.78 Å². The number of ether oxygens (including phenoxy) is 3. The van der Waals surface area contributed by atoms with Crippen LogP contribution in [0.4, 0.5) is 5.69 Å². The Hall–Kier alpha value is -4.40. The molecule has 0 unspecified atom stereocenters. The van der Waals surface area contributed by atoms with Crippen LogP contribution in [0, 0.1) is 0 Å². The molecule has 1 N–H and O–H groups in total. The number of methoxy groups -OCH3 is 3. The summed E-state index contributed by atoms with van der Waals surface area (Å²) in [5.74, 6) is 1.71. The van der Waals surface area contributed by atoms with Gasteiger partial charge in [0.15, 0.2) is 11.5 Å². The minimum atomic E-state index is -0.274. The summed E-state index contributed by atoms with van der Waals surface area (Å²) in [4.78, 5) is 21.0. The minimum Gasteiger partial charge on any atom is -0.493 e. The molecule has 0 spiro atoms. The highest BCUT2D eigenvalue weighted by molar-refractivity contribution is 6.05. The van der Waals surface area contributed by atoms with Crippen molar-refractivity contribution in [2.24, 2.45) is 0 Å². The van der Waals surface area contributed by atoms with Gasteiger partial charge in [-0.05, 0) is 36.4 Å². The maximum absolute atomic E-state index is 12.6. The van der Waals surface area contributed by atoms with Gasteiger partial charge in [-0.1, -0.05) is 17.3 Å². The van der Waals surface area contributed by atoms with Crippen LogP contribution in [0.2, 0.25) is 0 Å². The maximum Gasteiger partial charge on any atom is 0.260 e. The molecule has 0 saturated carbocycles. The third kappa shape index (κ3) is 4.08. The molecule has 9 nitrogen and oxygen atoms in total. The number of hydrogen-bond donors (Lipinski definition) is 1. The first-order chi connectivity index (χ1) is 15.6. The quantitative estimate of drug-likeness (QED) is 0.465. The molecule has 0 bridgehead atoms. The Morgan fingerprint density at radius 3 is 2.28 bits per heavy atom. The second kappa shape index (κ2) is 9.17. The number of pyridine rings is 1. The second-order valence-corrected chi connectivity index (χ2v) is 6.57. The predicted molar refractivity (Wildman–Crippen MR) is 117 cm³/mol. The van der Waals surface area contributed by atoms with Gasteiger partial charge in [0.2, 0.25) is 11.6 Å². The molecule has 162 valence electrons. The number of nitrogens with zero attached hydrogens (tertiary/aromatic N) is 3. The van der Waals surface area contributed by atoms with Crippen LogP contribution in [0.5, 0.6) is 17.2 Å². The Kier molecular flexibility index (Phi) is 5.98. The normalized spacial score (nSPS) is 10.5. The van der Waals surface area contributed by atoms with Gasteiger partial charge in [0, 0.05) is 23.5 Å². The van der Waals surface area contributed by atoms with E-state index in [-0.39, 0.29) is 11.8 Å². The van der Waals surface area contributed by atoms with Gasteiger partial charge < -0.3 is 24.1 Å². The molecule has 4 aromatic rings. The largest absolute Gasteiger partial charge is 0.493 e. The number of para-hydroxylation sites is 1. The van der Waals surface area contributed by atoms with Gasteiger partial charge in [-0.15, -0.1) is 0 Å². The van der Waals surface area contributed by atoms with E-state index in [1.165, 1.54) is 21.3 Å². The Balaban J connectivity index is 1.67. The van der Waals surface area contributed by atoms with E-state index >= 15 is 0 Å². The van der Waals surface area contributed by atoms with Crippen molar-refractivity contribution in [3.8, 4) is 40.1 Å². The Labute approximate surface area is 184 Å². The molecular weight excluding hydrogens is 412 g/mol. The molecule has 2 heterocycles. The van der Waals surface area contributed by atoms with Gasteiger partial charge >= 0.3 is 0 Å². The van der Waals surface area contributed by atoms with Crippen molar-refractivity contribution >= 4 is 11.6 Å². The predicted octanol–water partition coefficient (Wildman–Crippen LogP) is 4.08. The van der Waals surface area contributed by atoms with Crippen LogP contribution in [0.1, 0.15) is 10.4 Å². The third-order valence-corrected chi connectivity index (χ3v) is 4.70. The third-order valence-electron chi connectivity index (χ3n) is 4.70. The molecule has 0 radical (unpaired) electrons. The number of carbonyl (C=O) groups is 1. The van der Waals surface area contributed by atoms with E-state index in [0.29, 0.717) is 45.5 Å². The molecule has 2 aromatic heterocycles. The molecule has 0 atom stereocenters. The van der Waals surface area contributed by atoms with E-state index in [9.17, 15) is 4.79 Å². The van der Waals surface area contributed by atoms with Crippen LogP contribution in [0.15, 0.2) is 65.4 Å². The zero-order chi connectivity index (χ0) is 22.5. The lowest BCUT2D eigenvalue weighted by atomic mass is 10.1. The molecule has 0 aliphatic carbocycles. The van der Waals surface area contributed by atoms with Crippen molar-refractivity contribution in [3.05, 3.63) is 66.5 Å². The monoisotopic (exact) mass is 432 g/mol. The van der Waals surface area contributed by atoms with Crippen LogP contribution >= 0.6 is 0 Å². The second-order valence-electron chi connectivity index (χ2n) is 6.57. The average molecular weight is 432 g/mol. The van der Waals surface area contributed by atoms with Gasteiger partial charge in [0.25, 0.3) is 11.8 Å². The van der Waals surface area contributed by atoms with Crippen molar-refractivity contribution in [3.63, 3.8) is 0 Å². The Bertz CT molecular complexity index is 1220. The fraction of sp³-hybridized carbons (Fsp3) is 0.130. The number of benzene rings is 2. The smallest absolute Gasteiger partial charge is 0.260 e. The molecule has 2 aromatic carbocycles. The lowest BCUT2D eigenvalue weighted by Gasteiger charge is -2.12. The number of hydrogen-bond acceptors (Lipinski definition) is 8. The van der Waals surface area contributed by atoms with Crippen LogP contribution in [-0.4, -0.2) is 42.4 Å². The van der Waals surface area contributed by atoms with Crippen molar-refractivity contribution in [2.45, 2.75) is 0 Å². The molecule has 0 aliphatic heterocycles. The number of carbonyl (C=O) groups excluding carboxylic acids is 1. The number of aromatic nitrogens is 3. The summed E-state index contributed by atoms with van der Waals surface area (Å²) in [5, 5.41) is 6.96.